The zero-order chi connectivity index (χ0) is 17.6. The number of amides is 1. The molecule has 1 amide bonds. The third-order valence-electron chi connectivity index (χ3n) is 4.16. The summed E-state index contributed by atoms with van der Waals surface area (Å²) in [6.07, 6.45) is 0.996. The van der Waals surface area contributed by atoms with E-state index in [1.54, 1.807) is 0 Å². The van der Waals surface area contributed by atoms with Gasteiger partial charge in [0.1, 0.15) is 5.82 Å². The molecular weight excluding hydrogens is 343 g/mol. The van der Waals surface area contributed by atoms with E-state index in [0.717, 1.165) is 31.9 Å². The Labute approximate surface area is 151 Å². The van der Waals surface area contributed by atoms with Crippen molar-refractivity contribution in [2.24, 2.45) is 0 Å². The first-order valence-electron chi connectivity index (χ1n) is 8.28. The van der Waals surface area contributed by atoms with Gasteiger partial charge in [-0.25, -0.2) is 4.39 Å². The van der Waals surface area contributed by atoms with E-state index in [9.17, 15) is 9.18 Å². The van der Waals surface area contributed by atoms with Crippen molar-refractivity contribution >= 4 is 28.9 Å². The van der Waals surface area contributed by atoms with Crippen LogP contribution in [0.2, 0.25) is 5.02 Å². The van der Waals surface area contributed by atoms with E-state index in [1.165, 1.54) is 23.9 Å². The second-order valence-electron chi connectivity index (χ2n) is 5.94. The second kappa shape index (κ2) is 8.32. The summed E-state index contributed by atoms with van der Waals surface area (Å²) < 4.78 is 18.5. The van der Waals surface area contributed by atoms with Gasteiger partial charge in [-0.05, 0) is 42.3 Å². The zero-order valence-electron chi connectivity index (χ0n) is 13.8. The molecule has 132 valence electrons. The van der Waals surface area contributed by atoms with Gasteiger partial charge >= 0.3 is 0 Å². The summed E-state index contributed by atoms with van der Waals surface area (Å²) in [7, 11) is 0. The number of hydrogen-bond donors (Lipinski definition) is 1. The lowest BCUT2D eigenvalue weighted by Crippen LogP contribution is -2.36. The zero-order valence-corrected chi connectivity index (χ0v) is 14.6. The minimum absolute atomic E-state index is 0.00324. The van der Waals surface area contributed by atoms with Crippen molar-refractivity contribution in [3.05, 3.63) is 58.9 Å². The molecule has 2 aromatic carbocycles. The highest BCUT2D eigenvalue weighted by atomic mass is 35.5. The standard InChI is InChI=1S/C19H20ClFN2O2/c20-17-13-15(4-7-18(17)21)22-19(24)8-3-14-1-5-16(6-2-14)23-9-11-25-12-10-23/h1-2,4-7,13H,3,8-12H2,(H,22,24). The number of carbonyl (C=O) groups excluding carboxylic acids is 1. The van der Waals surface area contributed by atoms with Gasteiger partial charge in [0, 0.05) is 30.9 Å². The van der Waals surface area contributed by atoms with Crippen LogP contribution in [0.25, 0.3) is 0 Å². The molecule has 0 aliphatic carbocycles. The van der Waals surface area contributed by atoms with Gasteiger partial charge in [-0.3, -0.25) is 4.79 Å². The minimum Gasteiger partial charge on any atom is -0.378 e. The molecule has 1 aliphatic heterocycles. The first-order valence-corrected chi connectivity index (χ1v) is 8.66. The predicted octanol–water partition coefficient (Wildman–Crippen LogP) is 3.89. The Hall–Kier alpha value is -2.11. The molecule has 0 aromatic heterocycles. The van der Waals surface area contributed by atoms with Gasteiger partial charge in [0.15, 0.2) is 0 Å². The molecule has 1 N–H and O–H groups in total. The van der Waals surface area contributed by atoms with Crippen LogP contribution in [0.3, 0.4) is 0 Å². The van der Waals surface area contributed by atoms with Crippen molar-refractivity contribution < 1.29 is 13.9 Å². The van der Waals surface area contributed by atoms with Crippen LogP contribution in [-0.4, -0.2) is 32.2 Å². The molecule has 4 nitrogen and oxygen atoms in total. The number of aryl methyl sites for hydroxylation is 1. The summed E-state index contributed by atoms with van der Waals surface area (Å²) in [4.78, 5) is 14.3. The molecule has 1 heterocycles. The number of anilines is 2. The normalized spacial score (nSPS) is 14.4. The van der Waals surface area contributed by atoms with Crippen LogP contribution in [0.4, 0.5) is 15.8 Å². The molecule has 0 unspecified atom stereocenters. The van der Waals surface area contributed by atoms with Gasteiger partial charge < -0.3 is 15.0 Å². The van der Waals surface area contributed by atoms with Crippen molar-refractivity contribution in [3.8, 4) is 0 Å². The maximum atomic E-state index is 13.1. The van der Waals surface area contributed by atoms with Crippen LogP contribution in [0.15, 0.2) is 42.5 Å². The first-order chi connectivity index (χ1) is 12.1. The van der Waals surface area contributed by atoms with Gasteiger partial charge in [-0.1, -0.05) is 23.7 Å². The Bertz CT molecular complexity index is 731. The number of ether oxygens (including phenoxy) is 1. The molecule has 6 heteroatoms. The van der Waals surface area contributed by atoms with E-state index in [0.29, 0.717) is 18.5 Å². The Morgan fingerprint density at radius 3 is 2.56 bits per heavy atom. The lowest BCUT2D eigenvalue weighted by molar-refractivity contribution is -0.116. The molecule has 0 spiro atoms. The van der Waals surface area contributed by atoms with Crippen LogP contribution in [0.5, 0.6) is 0 Å². The third-order valence-corrected chi connectivity index (χ3v) is 4.45. The monoisotopic (exact) mass is 362 g/mol. The molecular formula is C19H20ClFN2O2. The molecule has 0 atom stereocenters. The number of nitrogens with zero attached hydrogens (tertiary/aromatic N) is 1. The van der Waals surface area contributed by atoms with Gasteiger partial charge in [-0.15, -0.1) is 0 Å². The fourth-order valence-corrected chi connectivity index (χ4v) is 2.93. The minimum atomic E-state index is -0.500. The Kier molecular flexibility index (Phi) is 5.89. The van der Waals surface area contributed by atoms with Crippen LogP contribution >= 0.6 is 11.6 Å². The summed E-state index contributed by atoms with van der Waals surface area (Å²) >= 11 is 5.71. The van der Waals surface area contributed by atoms with Crippen molar-refractivity contribution in [1.29, 1.82) is 0 Å². The van der Waals surface area contributed by atoms with Gasteiger partial charge in [0.2, 0.25) is 5.91 Å². The van der Waals surface area contributed by atoms with E-state index in [1.807, 2.05) is 12.1 Å². The van der Waals surface area contributed by atoms with Crippen LogP contribution in [0.1, 0.15) is 12.0 Å². The second-order valence-corrected chi connectivity index (χ2v) is 6.35. The number of morpholine rings is 1. The van der Waals surface area contributed by atoms with Crippen molar-refractivity contribution in [3.63, 3.8) is 0 Å². The van der Waals surface area contributed by atoms with E-state index in [-0.39, 0.29) is 10.9 Å². The topological polar surface area (TPSA) is 41.6 Å². The Balaban J connectivity index is 1.50. The molecule has 1 fully saturated rings. The van der Waals surface area contributed by atoms with Gasteiger partial charge in [0.25, 0.3) is 0 Å². The Morgan fingerprint density at radius 1 is 1.16 bits per heavy atom. The molecule has 1 saturated heterocycles. The fourth-order valence-electron chi connectivity index (χ4n) is 2.75. The SMILES string of the molecule is O=C(CCc1ccc(N2CCOCC2)cc1)Nc1ccc(F)c(Cl)c1. The number of nitrogens with one attached hydrogen (secondary N) is 1. The highest BCUT2D eigenvalue weighted by Gasteiger charge is 2.11. The highest BCUT2D eigenvalue weighted by Crippen LogP contribution is 2.20. The highest BCUT2D eigenvalue weighted by molar-refractivity contribution is 6.31. The van der Waals surface area contributed by atoms with Crippen LogP contribution in [-0.2, 0) is 16.0 Å². The predicted molar refractivity (Wildman–Crippen MR) is 97.8 cm³/mol. The van der Waals surface area contributed by atoms with Crippen molar-refractivity contribution in [1.82, 2.24) is 0 Å². The number of rotatable bonds is 5. The first kappa shape index (κ1) is 17.7. The fraction of sp³-hybridized carbons (Fsp3) is 0.316. The number of benzene rings is 2. The summed E-state index contributed by atoms with van der Waals surface area (Å²) in [5.41, 5.74) is 2.78. The lowest BCUT2D eigenvalue weighted by atomic mass is 10.1. The van der Waals surface area contributed by atoms with Crippen molar-refractivity contribution in [2.75, 3.05) is 36.5 Å². The molecule has 0 bridgehead atoms. The van der Waals surface area contributed by atoms with Gasteiger partial charge in [-0.2, -0.15) is 0 Å². The van der Waals surface area contributed by atoms with E-state index in [4.69, 9.17) is 16.3 Å². The molecule has 3 rings (SSSR count). The number of halogens is 2. The van der Waals surface area contributed by atoms with E-state index >= 15 is 0 Å². The lowest BCUT2D eigenvalue weighted by Gasteiger charge is -2.28. The average molecular weight is 363 g/mol. The molecule has 25 heavy (non-hydrogen) atoms. The summed E-state index contributed by atoms with van der Waals surface area (Å²) in [6, 6.07) is 12.4. The van der Waals surface area contributed by atoms with Gasteiger partial charge in [0.05, 0.1) is 18.2 Å². The molecule has 0 radical (unpaired) electrons. The maximum absolute atomic E-state index is 13.1. The number of carbonyl (C=O) groups is 1. The molecule has 1 aliphatic rings. The quantitative estimate of drug-likeness (QED) is 0.877. The van der Waals surface area contributed by atoms with E-state index in [2.05, 4.69) is 22.3 Å². The maximum Gasteiger partial charge on any atom is 0.224 e. The summed E-state index contributed by atoms with van der Waals surface area (Å²) in [5.74, 6) is -0.625. The van der Waals surface area contributed by atoms with Crippen molar-refractivity contribution in [2.45, 2.75) is 12.8 Å². The molecule has 0 saturated carbocycles. The third kappa shape index (κ3) is 4.94. The summed E-state index contributed by atoms with van der Waals surface area (Å²) in [6.45, 7) is 3.33. The van der Waals surface area contributed by atoms with Crippen LogP contribution < -0.4 is 10.2 Å². The smallest absolute Gasteiger partial charge is 0.224 e. The van der Waals surface area contributed by atoms with Crippen LogP contribution in [0, 0.1) is 5.82 Å². The summed E-state index contributed by atoms with van der Waals surface area (Å²) in [5, 5.41) is 2.73. The largest absolute Gasteiger partial charge is 0.378 e. The average Bonchev–Trinajstić information content (AvgIpc) is 2.64. The molecule has 2 aromatic rings. The van der Waals surface area contributed by atoms with E-state index < -0.39 is 5.82 Å². The Morgan fingerprint density at radius 2 is 1.88 bits per heavy atom. The number of hydrogen-bond acceptors (Lipinski definition) is 3.